The zero-order chi connectivity index (χ0) is 21.0. The first-order chi connectivity index (χ1) is 13.8. The average Bonchev–Trinajstić information content (AvgIpc) is 3.12. The minimum absolute atomic E-state index is 0.0313. The predicted molar refractivity (Wildman–Crippen MR) is 116 cm³/mol. The fourth-order valence-electron chi connectivity index (χ4n) is 2.85. The van der Waals surface area contributed by atoms with E-state index in [-0.39, 0.29) is 12.3 Å². The maximum atomic E-state index is 12.4. The summed E-state index contributed by atoms with van der Waals surface area (Å²) in [5, 5.41) is 5.51. The van der Waals surface area contributed by atoms with Crippen LogP contribution in [0.15, 0.2) is 47.8 Å². The van der Waals surface area contributed by atoms with E-state index in [1.54, 1.807) is 6.92 Å². The zero-order valence-electron chi connectivity index (χ0n) is 17.0. The van der Waals surface area contributed by atoms with E-state index in [2.05, 4.69) is 10.3 Å². The number of hydrogen-bond donors (Lipinski definition) is 1. The molecule has 1 aromatic heterocycles. The normalized spacial score (nSPS) is 11.7. The van der Waals surface area contributed by atoms with E-state index in [1.165, 1.54) is 16.9 Å². The number of hydrogen-bond acceptors (Lipinski definition) is 5. The van der Waals surface area contributed by atoms with Crippen molar-refractivity contribution in [3.8, 4) is 10.6 Å². The quantitative estimate of drug-likeness (QED) is 0.592. The molecule has 1 atom stereocenters. The molecule has 0 unspecified atom stereocenters. The third kappa shape index (κ3) is 5.51. The molecule has 2 aromatic carbocycles. The molecule has 5 nitrogen and oxygen atoms in total. The third-order valence-corrected chi connectivity index (χ3v) is 5.43. The van der Waals surface area contributed by atoms with E-state index < -0.39 is 12.1 Å². The molecule has 1 heterocycles. The Labute approximate surface area is 174 Å². The molecule has 0 radical (unpaired) electrons. The predicted octanol–water partition coefficient (Wildman–Crippen LogP) is 4.85. The van der Waals surface area contributed by atoms with Crippen molar-refractivity contribution in [2.24, 2.45) is 0 Å². The van der Waals surface area contributed by atoms with Gasteiger partial charge in [0.15, 0.2) is 6.10 Å². The molecule has 3 aromatic rings. The van der Waals surface area contributed by atoms with Gasteiger partial charge in [-0.05, 0) is 39.3 Å². The SMILES string of the molecule is Cc1ccc(-c2nc(CC(=O)O[C@@H](C)C(=O)Nc3ccc(C)cc3C)cs2)cc1. The molecule has 0 saturated carbocycles. The standard InChI is InChI=1S/C23H24N2O3S/c1-14-5-8-18(9-6-14)23-24-19(13-29-23)12-21(26)28-17(4)22(27)25-20-10-7-15(2)11-16(20)3/h5-11,13,17H,12H2,1-4H3,(H,25,27)/t17-/m0/s1. The first-order valence-corrected chi connectivity index (χ1v) is 10.3. The Bertz CT molecular complexity index is 1020. The topological polar surface area (TPSA) is 68.3 Å². The average molecular weight is 409 g/mol. The summed E-state index contributed by atoms with van der Waals surface area (Å²) >= 11 is 1.48. The molecule has 0 bridgehead atoms. The number of amides is 1. The second-order valence-corrected chi connectivity index (χ2v) is 7.98. The van der Waals surface area contributed by atoms with Gasteiger partial charge in [-0.2, -0.15) is 0 Å². The molecule has 3 rings (SSSR count). The first-order valence-electron chi connectivity index (χ1n) is 9.41. The molecule has 1 amide bonds. The van der Waals surface area contributed by atoms with Crippen LogP contribution >= 0.6 is 11.3 Å². The Balaban J connectivity index is 1.56. The molecule has 1 N–H and O–H groups in total. The molecule has 6 heteroatoms. The van der Waals surface area contributed by atoms with Gasteiger partial charge >= 0.3 is 5.97 Å². The van der Waals surface area contributed by atoms with Crippen LogP contribution in [0.1, 0.15) is 29.3 Å². The first kappa shape index (κ1) is 20.7. The number of benzene rings is 2. The minimum Gasteiger partial charge on any atom is -0.452 e. The summed E-state index contributed by atoms with van der Waals surface area (Å²) in [6.45, 7) is 7.51. The molecular formula is C23H24N2O3S. The summed E-state index contributed by atoms with van der Waals surface area (Å²) in [6, 6.07) is 13.8. The Morgan fingerprint density at radius 1 is 1.07 bits per heavy atom. The van der Waals surface area contributed by atoms with Gasteiger partial charge in [0.05, 0.1) is 12.1 Å². The van der Waals surface area contributed by atoms with Gasteiger partial charge in [0.25, 0.3) is 5.91 Å². The van der Waals surface area contributed by atoms with Crippen molar-refractivity contribution < 1.29 is 14.3 Å². The smallest absolute Gasteiger partial charge is 0.312 e. The third-order valence-electron chi connectivity index (χ3n) is 4.49. The second kappa shape index (κ2) is 9.01. The Morgan fingerprint density at radius 3 is 2.45 bits per heavy atom. The fourth-order valence-corrected chi connectivity index (χ4v) is 3.67. The Kier molecular flexibility index (Phi) is 6.44. The van der Waals surface area contributed by atoms with Crippen molar-refractivity contribution in [1.29, 1.82) is 0 Å². The van der Waals surface area contributed by atoms with Crippen LogP contribution in [0.5, 0.6) is 0 Å². The summed E-state index contributed by atoms with van der Waals surface area (Å²) < 4.78 is 5.30. The number of anilines is 1. The number of thiazole rings is 1. The molecule has 0 aliphatic heterocycles. The minimum atomic E-state index is -0.890. The lowest BCUT2D eigenvalue weighted by molar-refractivity contribution is -0.152. The fraction of sp³-hybridized carbons (Fsp3) is 0.261. The summed E-state index contributed by atoms with van der Waals surface area (Å²) in [5.74, 6) is -0.835. The van der Waals surface area contributed by atoms with Crippen LogP contribution < -0.4 is 5.32 Å². The highest BCUT2D eigenvalue weighted by molar-refractivity contribution is 7.13. The zero-order valence-corrected chi connectivity index (χ0v) is 17.8. The number of esters is 1. The number of carbonyl (C=O) groups is 2. The van der Waals surface area contributed by atoms with Crippen LogP contribution in [0.4, 0.5) is 5.69 Å². The van der Waals surface area contributed by atoms with E-state index in [0.717, 1.165) is 21.7 Å². The number of rotatable bonds is 6. The lowest BCUT2D eigenvalue weighted by Gasteiger charge is -2.14. The lowest BCUT2D eigenvalue weighted by Crippen LogP contribution is -2.30. The van der Waals surface area contributed by atoms with E-state index in [1.807, 2.05) is 68.6 Å². The number of nitrogens with one attached hydrogen (secondary N) is 1. The number of nitrogens with zero attached hydrogens (tertiary/aromatic N) is 1. The lowest BCUT2D eigenvalue weighted by atomic mass is 10.1. The Morgan fingerprint density at radius 2 is 1.76 bits per heavy atom. The highest BCUT2D eigenvalue weighted by Gasteiger charge is 2.19. The highest BCUT2D eigenvalue weighted by atomic mass is 32.1. The van der Waals surface area contributed by atoms with Gasteiger partial charge in [0, 0.05) is 16.6 Å². The number of aryl methyl sites for hydroxylation is 3. The Hall–Kier alpha value is -2.99. The van der Waals surface area contributed by atoms with Gasteiger partial charge < -0.3 is 10.1 Å². The molecule has 0 fully saturated rings. The molecule has 29 heavy (non-hydrogen) atoms. The molecule has 150 valence electrons. The van der Waals surface area contributed by atoms with Gasteiger partial charge in [-0.3, -0.25) is 9.59 Å². The highest BCUT2D eigenvalue weighted by Crippen LogP contribution is 2.24. The van der Waals surface area contributed by atoms with Crippen LogP contribution in [-0.4, -0.2) is 23.0 Å². The van der Waals surface area contributed by atoms with E-state index in [9.17, 15) is 9.59 Å². The molecule has 0 saturated heterocycles. The number of carbonyl (C=O) groups excluding carboxylic acids is 2. The van der Waals surface area contributed by atoms with Gasteiger partial charge in [0.2, 0.25) is 0 Å². The number of aromatic nitrogens is 1. The number of ether oxygens (including phenoxy) is 1. The molecule has 0 aliphatic rings. The summed E-state index contributed by atoms with van der Waals surface area (Å²) in [5.41, 5.74) is 5.63. The molecular weight excluding hydrogens is 384 g/mol. The van der Waals surface area contributed by atoms with Crippen molar-refractivity contribution in [3.05, 3.63) is 70.2 Å². The summed E-state index contributed by atoms with van der Waals surface area (Å²) in [4.78, 5) is 29.1. The monoisotopic (exact) mass is 408 g/mol. The van der Waals surface area contributed by atoms with E-state index in [4.69, 9.17) is 4.74 Å². The van der Waals surface area contributed by atoms with E-state index >= 15 is 0 Å². The molecule has 0 aliphatic carbocycles. The summed E-state index contributed by atoms with van der Waals surface area (Å²) in [6.07, 6.45) is -0.859. The van der Waals surface area contributed by atoms with Crippen LogP contribution in [0, 0.1) is 20.8 Å². The maximum Gasteiger partial charge on any atom is 0.312 e. The van der Waals surface area contributed by atoms with Crippen LogP contribution in [0.25, 0.3) is 10.6 Å². The van der Waals surface area contributed by atoms with Gasteiger partial charge in [-0.1, -0.05) is 47.5 Å². The van der Waals surface area contributed by atoms with Crippen molar-refractivity contribution >= 4 is 28.9 Å². The maximum absolute atomic E-state index is 12.4. The largest absolute Gasteiger partial charge is 0.452 e. The van der Waals surface area contributed by atoms with E-state index in [0.29, 0.717) is 11.4 Å². The summed E-state index contributed by atoms with van der Waals surface area (Å²) in [7, 11) is 0. The second-order valence-electron chi connectivity index (χ2n) is 7.13. The van der Waals surface area contributed by atoms with Gasteiger partial charge in [-0.15, -0.1) is 11.3 Å². The van der Waals surface area contributed by atoms with Crippen molar-refractivity contribution in [3.63, 3.8) is 0 Å². The van der Waals surface area contributed by atoms with Crippen LogP contribution in [-0.2, 0) is 20.7 Å². The van der Waals surface area contributed by atoms with Crippen molar-refractivity contribution in [2.45, 2.75) is 40.2 Å². The van der Waals surface area contributed by atoms with Crippen LogP contribution in [0.2, 0.25) is 0 Å². The van der Waals surface area contributed by atoms with Crippen molar-refractivity contribution in [2.75, 3.05) is 5.32 Å². The van der Waals surface area contributed by atoms with Gasteiger partial charge in [-0.25, -0.2) is 4.98 Å². The van der Waals surface area contributed by atoms with Crippen LogP contribution in [0.3, 0.4) is 0 Å². The molecule has 0 spiro atoms. The van der Waals surface area contributed by atoms with Crippen molar-refractivity contribution in [1.82, 2.24) is 4.98 Å². The van der Waals surface area contributed by atoms with Gasteiger partial charge in [0.1, 0.15) is 5.01 Å².